The van der Waals surface area contributed by atoms with Crippen molar-refractivity contribution in [1.82, 2.24) is 0 Å². The van der Waals surface area contributed by atoms with E-state index in [4.69, 9.17) is 14.3 Å². The first-order valence-electron chi connectivity index (χ1n) is 7.56. The number of carbonyl (C=O) groups is 2. The number of rotatable bonds is 7. The van der Waals surface area contributed by atoms with Crippen LogP contribution in [0.4, 0.5) is 0 Å². The molecule has 0 aliphatic rings. The maximum absolute atomic E-state index is 11.7. The number of carboxylic acids is 2. The van der Waals surface area contributed by atoms with Crippen LogP contribution in [-0.4, -0.2) is 29.3 Å². The van der Waals surface area contributed by atoms with Crippen LogP contribution in [0.25, 0.3) is 0 Å². The second-order valence-electron chi connectivity index (χ2n) is 5.83. The van der Waals surface area contributed by atoms with Gasteiger partial charge < -0.3 is 19.4 Å². The Morgan fingerprint density at radius 3 is 2.38 bits per heavy atom. The second-order valence-corrected chi connectivity index (χ2v) is 5.83. The van der Waals surface area contributed by atoms with Crippen molar-refractivity contribution in [2.45, 2.75) is 32.1 Å². The van der Waals surface area contributed by atoms with Crippen molar-refractivity contribution in [3.05, 3.63) is 53.0 Å². The quantitative estimate of drug-likeness (QED) is 0.805. The van der Waals surface area contributed by atoms with Crippen molar-refractivity contribution >= 4 is 11.9 Å². The fraction of sp³-hybridized carbons (Fsp3) is 0.333. The predicted molar refractivity (Wildman–Crippen MR) is 86.8 cm³/mol. The van der Waals surface area contributed by atoms with Crippen molar-refractivity contribution in [3.8, 4) is 5.75 Å². The fourth-order valence-electron chi connectivity index (χ4n) is 2.50. The van der Waals surface area contributed by atoms with E-state index in [0.717, 1.165) is 11.1 Å². The van der Waals surface area contributed by atoms with Crippen LogP contribution in [0.15, 0.2) is 34.7 Å². The molecule has 1 atom stereocenters. The molecule has 0 aliphatic heterocycles. The molecule has 0 spiro atoms. The van der Waals surface area contributed by atoms with E-state index in [2.05, 4.69) is 0 Å². The van der Waals surface area contributed by atoms with E-state index < -0.39 is 17.9 Å². The summed E-state index contributed by atoms with van der Waals surface area (Å²) >= 11 is 0. The lowest BCUT2D eigenvalue weighted by atomic mass is 9.93. The summed E-state index contributed by atoms with van der Waals surface area (Å²) in [6.07, 6.45) is 0.144. The Hall–Kier alpha value is -2.76. The highest BCUT2D eigenvalue weighted by Crippen LogP contribution is 2.30. The highest BCUT2D eigenvalue weighted by atomic mass is 16.5. The highest BCUT2D eigenvalue weighted by molar-refractivity contribution is 5.84. The molecule has 6 nitrogen and oxygen atoms in total. The van der Waals surface area contributed by atoms with Gasteiger partial charge in [-0.2, -0.15) is 0 Å². The molecule has 0 saturated carbocycles. The van der Waals surface area contributed by atoms with E-state index in [9.17, 15) is 14.7 Å². The smallest absolute Gasteiger partial charge is 0.371 e. The molecule has 0 radical (unpaired) electrons. The number of hydrogen-bond donors (Lipinski definition) is 2. The normalized spacial score (nSPS) is 12.2. The van der Waals surface area contributed by atoms with E-state index in [1.165, 1.54) is 19.2 Å². The zero-order valence-electron chi connectivity index (χ0n) is 13.8. The van der Waals surface area contributed by atoms with Gasteiger partial charge in [0, 0.05) is 0 Å². The van der Waals surface area contributed by atoms with Gasteiger partial charge in [0.2, 0.25) is 5.76 Å². The Labute approximate surface area is 139 Å². The second kappa shape index (κ2) is 7.21. The number of aliphatic carboxylic acids is 1. The van der Waals surface area contributed by atoms with Crippen molar-refractivity contribution < 1.29 is 29.0 Å². The molecule has 128 valence electrons. The van der Waals surface area contributed by atoms with Crippen LogP contribution in [-0.2, 0) is 11.2 Å². The van der Waals surface area contributed by atoms with Gasteiger partial charge in [0.25, 0.3) is 0 Å². The van der Waals surface area contributed by atoms with Crippen LogP contribution in [0.2, 0.25) is 0 Å². The topological polar surface area (TPSA) is 97.0 Å². The Morgan fingerprint density at radius 1 is 1.17 bits per heavy atom. The lowest BCUT2D eigenvalue weighted by Crippen LogP contribution is -2.14. The maximum atomic E-state index is 11.7. The van der Waals surface area contributed by atoms with Gasteiger partial charge in [0.05, 0.1) is 7.11 Å². The SMILES string of the molecule is COc1ccc(C(C)C)cc1CC(C(=O)O)c1ccc(C(=O)O)o1. The van der Waals surface area contributed by atoms with Gasteiger partial charge in [-0.3, -0.25) is 4.79 Å². The van der Waals surface area contributed by atoms with E-state index in [0.29, 0.717) is 11.7 Å². The van der Waals surface area contributed by atoms with Crippen LogP contribution in [0.5, 0.6) is 5.75 Å². The monoisotopic (exact) mass is 332 g/mol. The lowest BCUT2D eigenvalue weighted by molar-refractivity contribution is -0.139. The molecule has 6 heteroatoms. The standard InChI is InChI=1S/C18H20O6/c1-10(2)11-4-5-14(23-3)12(8-11)9-13(17(19)20)15-6-7-16(24-15)18(21)22/h4-8,10,13H,9H2,1-3H3,(H,19,20)(H,21,22). The van der Waals surface area contributed by atoms with Crippen LogP contribution in [0, 0.1) is 0 Å². The van der Waals surface area contributed by atoms with Crippen molar-refractivity contribution in [2.24, 2.45) is 0 Å². The van der Waals surface area contributed by atoms with E-state index >= 15 is 0 Å². The fourth-order valence-corrected chi connectivity index (χ4v) is 2.50. The molecular formula is C18H20O6. The minimum atomic E-state index is -1.23. The Bertz CT molecular complexity index is 744. The van der Waals surface area contributed by atoms with Crippen LogP contribution in [0.1, 0.15) is 53.1 Å². The van der Waals surface area contributed by atoms with Crippen LogP contribution in [0.3, 0.4) is 0 Å². The summed E-state index contributed by atoms with van der Waals surface area (Å²) in [7, 11) is 1.53. The molecule has 1 aromatic carbocycles. The molecule has 1 heterocycles. The molecule has 0 saturated heterocycles. The van der Waals surface area contributed by atoms with Gasteiger partial charge in [-0.1, -0.05) is 26.0 Å². The highest BCUT2D eigenvalue weighted by Gasteiger charge is 2.26. The Kier molecular flexibility index (Phi) is 5.28. The Balaban J connectivity index is 2.38. The van der Waals surface area contributed by atoms with Crippen molar-refractivity contribution in [2.75, 3.05) is 7.11 Å². The third kappa shape index (κ3) is 3.76. The lowest BCUT2D eigenvalue weighted by Gasteiger charge is -2.15. The number of furan rings is 1. The summed E-state index contributed by atoms with van der Waals surface area (Å²) in [4.78, 5) is 22.6. The van der Waals surface area contributed by atoms with E-state index in [1.807, 2.05) is 32.0 Å². The summed E-state index contributed by atoms with van der Waals surface area (Å²) in [5.41, 5.74) is 1.81. The molecule has 0 aliphatic carbocycles. The van der Waals surface area contributed by atoms with Gasteiger partial charge in [-0.05, 0) is 41.7 Å². The molecule has 2 rings (SSSR count). The third-order valence-corrected chi connectivity index (χ3v) is 3.87. The minimum Gasteiger partial charge on any atom is -0.496 e. The predicted octanol–water partition coefficient (Wildman–Crippen LogP) is 3.52. The molecule has 0 amide bonds. The molecule has 1 aromatic heterocycles. The number of aromatic carboxylic acids is 1. The first-order valence-corrected chi connectivity index (χ1v) is 7.56. The first kappa shape index (κ1) is 17.6. The van der Waals surface area contributed by atoms with Crippen molar-refractivity contribution in [1.29, 1.82) is 0 Å². The average Bonchev–Trinajstić information content (AvgIpc) is 3.01. The number of methoxy groups -OCH3 is 1. The van der Waals surface area contributed by atoms with Gasteiger partial charge in [0.1, 0.15) is 17.4 Å². The first-order chi connectivity index (χ1) is 11.3. The number of carboxylic acid groups (broad SMARTS) is 2. The van der Waals surface area contributed by atoms with E-state index in [1.54, 1.807) is 0 Å². The third-order valence-electron chi connectivity index (χ3n) is 3.87. The summed E-state index contributed by atoms with van der Waals surface area (Å²) < 4.78 is 10.5. The summed E-state index contributed by atoms with van der Waals surface area (Å²) in [6, 6.07) is 8.32. The maximum Gasteiger partial charge on any atom is 0.371 e. The molecule has 2 N–H and O–H groups in total. The van der Waals surface area contributed by atoms with Gasteiger partial charge in [0.15, 0.2) is 0 Å². The summed E-state index contributed by atoms with van der Waals surface area (Å²) in [6.45, 7) is 4.10. The molecule has 2 aromatic rings. The van der Waals surface area contributed by atoms with Crippen molar-refractivity contribution in [3.63, 3.8) is 0 Å². The van der Waals surface area contributed by atoms with Crippen LogP contribution >= 0.6 is 0 Å². The van der Waals surface area contributed by atoms with E-state index in [-0.39, 0.29) is 17.9 Å². The zero-order chi connectivity index (χ0) is 17.9. The molecule has 24 heavy (non-hydrogen) atoms. The molecule has 0 fully saturated rings. The largest absolute Gasteiger partial charge is 0.496 e. The number of ether oxygens (including phenoxy) is 1. The summed E-state index contributed by atoms with van der Waals surface area (Å²) in [5, 5.41) is 18.5. The zero-order valence-corrected chi connectivity index (χ0v) is 13.8. The van der Waals surface area contributed by atoms with Crippen LogP contribution < -0.4 is 4.74 Å². The average molecular weight is 332 g/mol. The molecule has 1 unspecified atom stereocenters. The minimum absolute atomic E-state index is 0.108. The number of hydrogen-bond acceptors (Lipinski definition) is 4. The van der Waals surface area contributed by atoms with Gasteiger partial charge in [-0.15, -0.1) is 0 Å². The van der Waals surface area contributed by atoms with Gasteiger partial charge in [-0.25, -0.2) is 4.79 Å². The number of benzene rings is 1. The molecular weight excluding hydrogens is 312 g/mol. The van der Waals surface area contributed by atoms with Gasteiger partial charge >= 0.3 is 11.9 Å². The molecule has 0 bridgehead atoms. The Morgan fingerprint density at radius 2 is 1.88 bits per heavy atom. The summed E-state index contributed by atoms with van der Waals surface area (Å²) in [5.74, 6) is -2.59.